The number of nitrogens with one attached hydrogen (secondary N) is 1. The third-order valence-corrected chi connectivity index (χ3v) is 6.19. The maximum atomic E-state index is 12.3. The van der Waals surface area contributed by atoms with E-state index in [4.69, 9.17) is 0 Å². The minimum absolute atomic E-state index is 0.116. The van der Waals surface area contributed by atoms with Crippen LogP contribution in [-0.4, -0.2) is 43.5 Å². The van der Waals surface area contributed by atoms with E-state index in [0.29, 0.717) is 25.9 Å². The molecule has 0 saturated carbocycles. The lowest BCUT2D eigenvalue weighted by molar-refractivity contribution is -0.124. The van der Waals surface area contributed by atoms with Crippen LogP contribution in [0.1, 0.15) is 38.2 Å². The topological polar surface area (TPSA) is 66.5 Å². The molecule has 1 unspecified atom stereocenters. The molecule has 2 rings (SSSR count). The Balaban J connectivity index is 1.80. The zero-order chi connectivity index (χ0) is 16.7. The summed E-state index contributed by atoms with van der Waals surface area (Å²) >= 11 is 0. The van der Waals surface area contributed by atoms with E-state index in [1.807, 2.05) is 25.1 Å². The number of hydrogen-bond donors (Lipinski definition) is 1. The van der Waals surface area contributed by atoms with Crippen LogP contribution in [0.4, 0.5) is 0 Å². The zero-order valence-corrected chi connectivity index (χ0v) is 14.5. The van der Waals surface area contributed by atoms with Crippen LogP contribution < -0.4 is 5.32 Å². The Morgan fingerprint density at radius 3 is 2.74 bits per heavy atom. The molecular weight excluding hydrogens is 312 g/mol. The largest absolute Gasteiger partial charge is 0.355 e. The van der Waals surface area contributed by atoms with Crippen molar-refractivity contribution in [2.75, 3.05) is 18.8 Å². The van der Waals surface area contributed by atoms with Gasteiger partial charge in [0.2, 0.25) is 15.9 Å². The van der Waals surface area contributed by atoms with Crippen molar-refractivity contribution in [1.82, 2.24) is 9.62 Å². The Labute approximate surface area is 139 Å². The van der Waals surface area contributed by atoms with E-state index in [-0.39, 0.29) is 11.7 Å². The summed E-state index contributed by atoms with van der Waals surface area (Å²) in [5.41, 5.74) is 1.25. The molecule has 1 fully saturated rings. The summed E-state index contributed by atoms with van der Waals surface area (Å²) in [6, 6.07) is 9.60. The number of benzene rings is 1. The summed E-state index contributed by atoms with van der Waals surface area (Å²) < 4.78 is 25.8. The number of hydrogen-bond acceptors (Lipinski definition) is 3. The first-order valence-electron chi connectivity index (χ1n) is 8.35. The molecule has 1 aliphatic rings. The summed E-state index contributed by atoms with van der Waals surface area (Å²) in [4.78, 5) is 12.3. The maximum absolute atomic E-state index is 12.3. The summed E-state index contributed by atoms with van der Waals surface area (Å²) in [6.07, 6.45) is 3.70. The number of sulfonamides is 1. The van der Waals surface area contributed by atoms with Crippen molar-refractivity contribution in [3.63, 3.8) is 0 Å². The molecule has 1 N–H and O–H groups in total. The van der Waals surface area contributed by atoms with Crippen molar-refractivity contribution in [1.29, 1.82) is 0 Å². The highest BCUT2D eigenvalue weighted by Crippen LogP contribution is 2.22. The van der Waals surface area contributed by atoms with Crippen LogP contribution in [0.25, 0.3) is 0 Å². The van der Waals surface area contributed by atoms with Crippen LogP contribution >= 0.6 is 0 Å². The van der Waals surface area contributed by atoms with Crippen molar-refractivity contribution >= 4 is 15.9 Å². The normalized spacial score (nSPS) is 18.9. The lowest BCUT2D eigenvalue weighted by Crippen LogP contribution is -2.46. The number of aryl methyl sites for hydroxylation is 1. The van der Waals surface area contributed by atoms with Gasteiger partial charge in [0, 0.05) is 13.1 Å². The molecule has 1 atom stereocenters. The summed E-state index contributed by atoms with van der Waals surface area (Å²) in [6.45, 7) is 2.88. The average Bonchev–Trinajstić information content (AvgIpc) is 3.03. The predicted molar refractivity (Wildman–Crippen MR) is 91.6 cm³/mol. The van der Waals surface area contributed by atoms with Gasteiger partial charge in [0.25, 0.3) is 0 Å². The number of carbonyl (C=O) groups excluding carboxylic acids is 1. The van der Waals surface area contributed by atoms with E-state index in [9.17, 15) is 13.2 Å². The second kappa shape index (κ2) is 8.45. The Morgan fingerprint density at radius 1 is 1.30 bits per heavy atom. The second-order valence-corrected chi connectivity index (χ2v) is 8.01. The van der Waals surface area contributed by atoms with Crippen LogP contribution in [0, 0.1) is 0 Å². The number of amides is 1. The molecule has 0 spiro atoms. The highest BCUT2D eigenvalue weighted by Gasteiger charge is 2.37. The smallest absolute Gasteiger partial charge is 0.238 e. The van der Waals surface area contributed by atoms with Crippen molar-refractivity contribution in [3.8, 4) is 0 Å². The van der Waals surface area contributed by atoms with E-state index in [0.717, 1.165) is 19.3 Å². The molecule has 0 aromatic heterocycles. The number of carbonyl (C=O) groups is 1. The lowest BCUT2D eigenvalue weighted by atomic mass is 10.1. The van der Waals surface area contributed by atoms with Crippen LogP contribution in [0.5, 0.6) is 0 Å². The molecule has 0 radical (unpaired) electrons. The molecule has 5 nitrogen and oxygen atoms in total. The SMILES string of the molecule is CCCS(=O)(=O)N1CCCC1C(=O)NCCCc1ccccc1. The number of rotatable bonds is 8. The Morgan fingerprint density at radius 2 is 2.04 bits per heavy atom. The standard InChI is InChI=1S/C17H26N2O3S/c1-2-14-23(21,22)19-13-7-11-16(19)17(20)18-12-6-10-15-8-4-3-5-9-15/h3-5,8-9,16H,2,6-7,10-14H2,1H3,(H,18,20). The monoisotopic (exact) mass is 338 g/mol. The Bertz CT molecular complexity index is 602. The van der Waals surface area contributed by atoms with Gasteiger partial charge in [0.1, 0.15) is 6.04 Å². The van der Waals surface area contributed by atoms with Gasteiger partial charge in [-0.05, 0) is 37.7 Å². The molecule has 1 amide bonds. The highest BCUT2D eigenvalue weighted by atomic mass is 32.2. The summed E-state index contributed by atoms with van der Waals surface area (Å²) in [7, 11) is -3.31. The molecule has 23 heavy (non-hydrogen) atoms. The Kier molecular flexibility index (Phi) is 6.59. The second-order valence-electron chi connectivity index (χ2n) is 5.96. The molecule has 128 valence electrons. The molecule has 0 bridgehead atoms. The van der Waals surface area contributed by atoms with Gasteiger partial charge in [-0.25, -0.2) is 8.42 Å². The number of nitrogens with zero attached hydrogens (tertiary/aromatic N) is 1. The van der Waals surface area contributed by atoms with E-state index in [1.165, 1.54) is 9.87 Å². The van der Waals surface area contributed by atoms with Crippen molar-refractivity contribution in [2.45, 2.75) is 45.1 Å². The summed E-state index contributed by atoms with van der Waals surface area (Å²) in [5, 5.41) is 2.89. The molecule has 1 aliphatic heterocycles. The van der Waals surface area contributed by atoms with Crippen molar-refractivity contribution < 1.29 is 13.2 Å². The van der Waals surface area contributed by atoms with Crippen LogP contribution in [0.2, 0.25) is 0 Å². The fourth-order valence-corrected chi connectivity index (χ4v) is 4.72. The van der Waals surface area contributed by atoms with Gasteiger partial charge in [-0.15, -0.1) is 0 Å². The van der Waals surface area contributed by atoms with Gasteiger partial charge in [-0.2, -0.15) is 4.31 Å². The first-order chi connectivity index (χ1) is 11.0. The van der Waals surface area contributed by atoms with Gasteiger partial charge >= 0.3 is 0 Å². The van der Waals surface area contributed by atoms with Gasteiger partial charge in [0.05, 0.1) is 5.75 Å². The fourth-order valence-electron chi connectivity index (χ4n) is 2.98. The van der Waals surface area contributed by atoms with Crippen LogP contribution in [0.3, 0.4) is 0 Å². The molecule has 0 aliphatic carbocycles. The quantitative estimate of drug-likeness (QED) is 0.737. The van der Waals surface area contributed by atoms with E-state index in [1.54, 1.807) is 0 Å². The third kappa shape index (κ3) is 5.04. The van der Waals surface area contributed by atoms with Gasteiger partial charge in [-0.1, -0.05) is 37.3 Å². The predicted octanol–water partition coefficient (Wildman–Crippen LogP) is 1.94. The van der Waals surface area contributed by atoms with Crippen molar-refractivity contribution in [3.05, 3.63) is 35.9 Å². The molecular formula is C17H26N2O3S. The summed E-state index contributed by atoms with van der Waals surface area (Å²) in [5.74, 6) is -0.0413. The first-order valence-corrected chi connectivity index (χ1v) is 9.96. The highest BCUT2D eigenvalue weighted by molar-refractivity contribution is 7.89. The van der Waals surface area contributed by atoms with Gasteiger partial charge in [0.15, 0.2) is 0 Å². The van der Waals surface area contributed by atoms with Gasteiger partial charge < -0.3 is 5.32 Å². The minimum atomic E-state index is -3.31. The van der Waals surface area contributed by atoms with E-state index < -0.39 is 16.1 Å². The average molecular weight is 338 g/mol. The van der Waals surface area contributed by atoms with Gasteiger partial charge in [-0.3, -0.25) is 4.79 Å². The fraction of sp³-hybridized carbons (Fsp3) is 0.588. The van der Waals surface area contributed by atoms with E-state index >= 15 is 0 Å². The van der Waals surface area contributed by atoms with Crippen LogP contribution in [0.15, 0.2) is 30.3 Å². The molecule has 1 heterocycles. The Hall–Kier alpha value is -1.40. The molecule has 1 aromatic carbocycles. The third-order valence-electron chi connectivity index (χ3n) is 4.11. The zero-order valence-electron chi connectivity index (χ0n) is 13.7. The molecule has 1 aromatic rings. The first kappa shape index (κ1) is 17.9. The van der Waals surface area contributed by atoms with Crippen molar-refractivity contribution in [2.24, 2.45) is 0 Å². The van der Waals surface area contributed by atoms with Crippen LogP contribution in [-0.2, 0) is 21.2 Å². The minimum Gasteiger partial charge on any atom is -0.355 e. The van der Waals surface area contributed by atoms with E-state index in [2.05, 4.69) is 17.4 Å². The lowest BCUT2D eigenvalue weighted by Gasteiger charge is -2.23. The molecule has 1 saturated heterocycles. The maximum Gasteiger partial charge on any atom is 0.238 e. The molecule has 6 heteroatoms.